The van der Waals surface area contributed by atoms with Crippen LogP contribution in [0.15, 0.2) is 24.3 Å². The van der Waals surface area contributed by atoms with Crippen LogP contribution < -0.4 is 11.1 Å². The lowest BCUT2D eigenvalue weighted by Crippen LogP contribution is -2.29. The Morgan fingerprint density at radius 1 is 1.25 bits per heavy atom. The number of ether oxygens (including phenoxy) is 1. The van der Waals surface area contributed by atoms with E-state index in [-0.39, 0.29) is 5.91 Å². The summed E-state index contributed by atoms with van der Waals surface area (Å²) in [6, 6.07) is 7.77. The van der Waals surface area contributed by atoms with Crippen LogP contribution in [0.25, 0.3) is 0 Å². The van der Waals surface area contributed by atoms with Crippen molar-refractivity contribution in [3.05, 3.63) is 35.4 Å². The van der Waals surface area contributed by atoms with Gasteiger partial charge in [-0.2, -0.15) is 0 Å². The average Bonchev–Trinajstić information content (AvgIpc) is 2.43. The number of benzene rings is 1. The van der Waals surface area contributed by atoms with Crippen molar-refractivity contribution < 1.29 is 9.53 Å². The molecule has 0 atom stereocenters. The predicted octanol–water partition coefficient (Wildman–Crippen LogP) is 1.87. The predicted molar refractivity (Wildman–Crippen MR) is 81.3 cm³/mol. The highest BCUT2D eigenvalue weighted by atomic mass is 16.5. The average molecular weight is 278 g/mol. The van der Waals surface area contributed by atoms with Crippen molar-refractivity contribution in [2.24, 2.45) is 11.7 Å². The minimum Gasteiger partial charge on any atom is -0.380 e. The Bertz CT molecular complexity index is 405. The molecular formula is C16H26N2O2. The Morgan fingerprint density at radius 2 is 1.95 bits per heavy atom. The van der Waals surface area contributed by atoms with Crippen LogP contribution in [-0.2, 0) is 22.5 Å². The van der Waals surface area contributed by atoms with Gasteiger partial charge >= 0.3 is 0 Å². The topological polar surface area (TPSA) is 64.3 Å². The van der Waals surface area contributed by atoms with Gasteiger partial charge in [-0.1, -0.05) is 38.1 Å². The first-order chi connectivity index (χ1) is 9.63. The summed E-state index contributed by atoms with van der Waals surface area (Å²) in [5.41, 5.74) is 7.67. The lowest BCUT2D eigenvalue weighted by Gasteiger charge is -2.09. The van der Waals surface area contributed by atoms with E-state index in [0.717, 1.165) is 24.2 Å². The highest BCUT2D eigenvalue weighted by Crippen LogP contribution is 2.08. The van der Waals surface area contributed by atoms with Crippen molar-refractivity contribution in [3.8, 4) is 0 Å². The van der Waals surface area contributed by atoms with Gasteiger partial charge in [0.15, 0.2) is 0 Å². The monoisotopic (exact) mass is 278 g/mol. The molecule has 1 aromatic rings. The number of hydrogen-bond donors (Lipinski definition) is 2. The molecule has 0 fully saturated rings. The van der Waals surface area contributed by atoms with Crippen molar-refractivity contribution in [1.82, 2.24) is 5.32 Å². The molecule has 20 heavy (non-hydrogen) atoms. The number of hydrogen-bond acceptors (Lipinski definition) is 3. The van der Waals surface area contributed by atoms with Gasteiger partial charge in [0.25, 0.3) is 0 Å². The lowest BCUT2D eigenvalue weighted by atomic mass is 10.0. The first kappa shape index (κ1) is 16.7. The van der Waals surface area contributed by atoms with Crippen LogP contribution in [0.5, 0.6) is 0 Å². The minimum absolute atomic E-state index is 0.0124. The van der Waals surface area contributed by atoms with Gasteiger partial charge in [-0.25, -0.2) is 0 Å². The normalized spacial score (nSPS) is 10.8. The number of carbonyl (C=O) groups excluding carboxylic acids is 1. The van der Waals surface area contributed by atoms with Crippen molar-refractivity contribution in [3.63, 3.8) is 0 Å². The van der Waals surface area contributed by atoms with Gasteiger partial charge in [0.1, 0.15) is 0 Å². The Kier molecular flexibility index (Phi) is 7.92. The van der Waals surface area contributed by atoms with E-state index < -0.39 is 0 Å². The fourth-order valence-electron chi connectivity index (χ4n) is 1.85. The van der Waals surface area contributed by atoms with E-state index in [9.17, 15) is 4.79 Å². The van der Waals surface area contributed by atoms with Crippen LogP contribution >= 0.6 is 0 Å². The maximum absolute atomic E-state index is 11.8. The van der Waals surface area contributed by atoms with Crippen LogP contribution in [0.2, 0.25) is 0 Å². The van der Waals surface area contributed by atoms with E-state index >= 15 is 0 Å². The molecule has 0 bridgehead atoms. The molecule has 1 rings (SSSR count). The van der Waals surface area contributed by atoms with Crippen LogP contribution in [-0.4, -0.2) is 25.7 Å². The van der Waals surface area contributed by atoms with E-state index in [1.165, 1.54) is 0 Å². The highest BCUT2D eigenvalue weighted by Gasteiger charge is 2.06. The summed E-state index contributed by atoms with van der Waals surface area (Å²) >= 11 is 0. The largest absolute Gasteiger partial charge is 0.380 e. The Hall–Kier alpha value is -1.39. The fraction of sp³-hybridized carbons (Fsp3) is 0.562. The Labute approximate surface area is 121 Å². The van der Waals surface area contributed by atoms with Gasteiger partial charge in [-0.05, 0) is 23.5 Å². The standard InChI is InChI=1S/C16H26N2O2/c1-13(2)7-9-20-10-8-18-16(19)11-14-5-3-4-6-15(14)12-17/h3-6,13H,7-12,17H2,1-2H3,(H,18,19). The Balaban J connectivity index is 2.20. The summed E-state index contributed by atoms with van der Waals surface area (Å²) in [6.45, 7) is 6.67. The number of amides is 1. The number of rotatable bonds is 9. The van der Waals surface area contributed by atoms with Gasteiger partial charge in [0.2, 0.25) is 5.91 Å². The van der Waals surface area contributed by atoms with Crippen LogP contribution in [0.4, 0.5) is 0 Å². The van der Waals surface area contributed by atoms with Crippen molar-refractivity contribution in [1.29, 1.82) is 0 Å². The Morgan fingerprint density at radius 3 is 2.60 bits per heavy atom. The SMILES string of the molecule is CC(C)CCOCCNC(=O)Cc1ccccc1CN. The molecule has 3 N–H and O–H groups in total. The van der Waals surface area contributed by atoms with E-state index in [2.05, 4.69) is 19.2 Å². The van der Waals surface area contributed by atoms with E-state index in [1.54, 1.807) is 0 Å². The first-order valence-electron chi connectivity index (χ1n) is 7.24. The molecule has 0 aliphatic heterocycles. The zero-order chi connectivity index (χ0) is 14.8. The molecule has 112 valence electrons. The van der Waals surface area contributed by atoms with Crippen molar-refractivity contribution in [2.45, 2.75) is 33.2 Å². The maximum Gasteiger partial charge on any atom is 0.224 e. The second-order valence-electron chi connectivity index (χ2n) is 5.29. The van der Waals surface area contributed by atoms with Gasteiger partial charge in [-0.3, -0.25) is 4.79 Å². The van der Waals surface area contributed by atoms with Gasteiger partial charge in [0.05, 0.1) is 13.0 Å². The first-order valence-corrected chi connectivity index (χ1v) is 7.24. The smallest absolute Gasteiger partial charge is 0.224 e. The van der Waals surface area contributed by atoms with E-state index in [0.29, 0.717) is 32.0 Å². The van der Waals surface area contributed by atoms with E-state index in [1.807, 2.05) is 24.3 Å². The summed E-state index contributed by atoms with van der Waals surface area (Å²) in [5, 5.41) is 2.87. The molecule has 0 saturated heterocycles. The molecule has 0 aliphatic rings. The molecule has 4 nitrogen and oxygen atoms in total. The number of nitrogens with two attached hydrogens (primary N) is 1. The molecule has 0 heterocycles. The van der Waals surface area contributed by atoms with Crippen molar-refractivity contribution in [2.75, 3.05) is 19.8 Å². The molecule has 0 aliphatic carbocycles. The summed E-state index contributed by atoms with van der Waals surface area (Å²) in [6.07, 6.45) is 1.43. The summed E-state index contributed by atoms with van der Waals surface area (Å²) in [4.78, 5) is 11.8. The fourth-order valence-corrected chi connectivity index (χ4v) is 1.85. The van der Waals surface area contributed by atoms with Crippen molar-refractivity contribution >= 4 is 5.91 Å². The van der Waals surface area contributed by atoms with Crippen LogP contribution in [0.3, 0.4) is 0 Å². The maximum atomic E-state index is 11.8. The second-order valence-corrected chi connectivity index (χ2v) is 5.29. The summed E-state index contributed by atoms with van der Waals surface area (Å²) in [5.74, 6) is 0.663. The van der Waals surface area contributed by atoms with Crippen LogP contribution in [0.1, 0.15) is 31.4 Å². The molecule has 0 saturated carbocycles. The third-order valence-electron chi connectivity index (χ3n) is 3.10. The second kappa shape index (κ2) is 9.50. The molecule has 0 radical (unpaired) electrons. The molecule has 0 spiro atoms. The van der Waals surface area contributed by atoms with Gasteiger partial charge in [-0.15, -0.1) is 0 Å². The number of nitrogens with one attached hydrogen (secondary N) is 1. The molecule has 1 aromatic carbocycles. The highest BCUT2D eigenvalue weighted by molar-refractivity contribution is 5.78. The lowest BCUT2D eigenvalue weighted by molar-refractivity contribution is -0.120. The minimum atomic E-state index is 0.0124. The molecule has 0 unspecified atom stereocenters. The molecule has 4 heteroatoms. The van der Waals surface area contributed by atoms with E-state index in [4.69, 9.17) is 10.5 Å². The molecular weight excluding hydrogens is 252 g/mol. The molecule has 0 aromatic heterocycles. The summed E-state index contributed by atoms with van der Waals surface area (Å²) in [7, 11) is 0. The quantitative estimate of drug-likeness (QED) is 0.678. The van der Waals surface area contributed by atoms with Gasteiger partial charge < -0.3 is 15.8 Å². The van der Waals surface area contributed by atoms with Gasteiger partial charge in [0, 0.05) is 19.7 Å². The zero-order valence-corrected chi connectivity index (χ0v) is 12.5. The summed E-state index contributed by atoms with van der Waals surface area (Å²) < 4.78 is 5.46. The number of carbonyl (C=O) groups is 1. The van der Waals surface area contributed by atoms with Crippen LogP contribution in [0, 0.1) is 5.92 Å². The zero-order valence-electron chi connectivity index (χ0n) is 12.5. The third-order valence-corrected chi connectivity index (χ3v) is 3.10. The molecule has 1 amide bonds. The third kappa shape index (κ3) is 6.68.